The summed E-state index contributed by atoms with van der Waals surface area (Å²) in [5.74, 6) is 0.377. The molecule has 11 heteroatoms. The SMILES string of the molecule is O=C(Cc1ccc(F)cc1)NCCNC(=O)c1sccc1S(=O)(=O)N1CCSCC1. The second kappa shape index (κ2) is 10.4. The Hall–Kier alpha value is -1.95. The fourth-order valence-electron chi connectivity index (χ4n) is 2.90. The lowest BCUT2D eigenvalue weighted by molar-refractivity contribution is -0.120. The minimum Gasteiger partial charge on any atom is -0.354 e. The van der Waals surface area contributed by atoms with Crippen molar-refractivity contribution in [2.24, 2.45) is 0 Å². The van der Waals surface area contributed by atoms with Gasteiger partial charge in [0.2, 0.25) is 15.9 Å². The zero-order valence-corrected chi connectivity index (χ0v) is 18.5. The monoisotopic (exact) mass is 471 g/mol. The molecule has 3 rings (SSSR count). The predicted octanol–water partition coefficient (Wildman–Crippen LogP) is 1.71. The molecule has 1 aliphatic heterocycles. The lowest BCUT2D eigenvalue weighted by Gasteiger charge is -2.25. The third-order valence-corrected chi connectivity index (χ3v) is 8.36. The highest BCUT2D eigenvalue weighted by atomic mass is 32.2. The first-order valence-electron chi connectivity index (χ1n) is 9.32. The molecular weight excluding hydrogens is 449 g/mol. The van der Waals surface area contributed by atoms with Crippen LogP contribution in [0.15, 0.2) is 40.6 Å². The molecule has 0 saturated carbocycles. The van der Waals surface area contributed by atoms with Crippen molar-refractivity contribution in [2.45, 2.75) is 11.3 Å². The highest BCUT2D eigenvalue weighted by Gasteiger charge is 2.31. The second-order valence-corrected chi connectivity index (χ2v) is 10.6. The number of hydrogen-bond acceptors (Lipinski definition) is 6. The molecule has 1 aromatic heterocycles. The van der Waals surface area contributed by atoms with Crippen molar-refractivity contribution < 1.29 is 22.4 Å². The van der Waals surface area contributed by atoms with Gasteiger partial charge < -0.3 is 10.6 Å². The van der Waals surface area contributed by atoms with E-state index in [0.29, 0.717) is 18.7 Å². The van der Waals surface area contributed by atoms with Gasteiger partial charge in [0.25, 0.3) is 5.91 Å². The maximum absolute atomic E-state index is 12.9. The van der Waals surface area contributed by atoms with Gasteiger partial charge >= 0.3 is 0 Å². The van der Waals surface area contributed by atoms with Gasteiger partial charge in [0.05, 0.1) is 6.42 Å². The molecule has 2 aromatic rings. The van der Waals surface area contributed by atoms with E-state index in [2.05, 4.69) is 10.6 Å². The molecule has 1 aliphatic rings. The highest BCUT2D eigenvalue weighted by molar-refractivity contribution is 7.99. The molecule has 2 amide bonds. The van der Waals surface area contributed by atoms with E-state index in [9.17, 15) is 22.4 Å². The van der Waals surface area contributed by atoms with Gasteiger partial charge in [0.15, 0.2) is 0 Å². The van der Waals surface area contributed by atoms with Crippen LogP contribution >= 0.6 is 23.1 Å². The van der Waals surface area contributed by atoms with Crippen LogP contribution in [0.1, 0.15) is 15.2 Å². The van der Waals surface area contributed by atoms with Crippen LogP contribution in [0.3, 0.4) is 0 Å². The first-order valence-corrected chi connectivity index (χ1v) is 12.8. The minimum atomic E-state index is -3.70. The Kier molecular flexibility index (Phi) is 7.87. The highest BCUT2D eigenvalue weighted by Crippen LogP contribution is 2.27. The molecule has 1 fully saturated rings. The molecule has 0 unspecified atom stereocenters. The van der Waals surface area contributed by atoms with Gasteiger partial charge in [-0.2, -0.15) is 16.1 Å². The zero-order chi connectivity index (χ0) is 21.6. The summed E-state index contributed by atoms with van der Waals surface area (Å²) in [6.45, 7) is 1.22. The standard InChI is InChI=1S/C19H22FN3O4S3/c20-15-3-1-14(2-4-15)13-17(24)21-6-7-22-19(25)18-16(5-10-29-18)30(26,27)23-8-11-28-12-9-23/h1-5,10H,6-9,11-13H2,(H,21,24)(H,22,25). The molecule has 30 heavy (non-hydrogen) atoms. The molecule has 0 bridgehead atoms. The summed E-state index contributed by atoms with van der Waals surface area (Å²) < 4.78 is 40.0. The van der Waals surface area contributed by atoms with E-state index in [0.717, 1.165) is 22.8 Å². The number of amides is 2. The van der Waals surface area contributed by atoms with Gasteiger partial charge in [-0.05, 0) is 29.1 Å². The molecule has 2 N–H and O–H groups in total. The Labute approximate surface area is 183 Å². The van der Waals surface area contributed by atoms with Crippen molar-refractivity contribution in [3.8, 4) is 0 Å². The van der Waals surface area contributed by atoms with E-state index in [1.165, 1.54) is 34.6 Å². The van der Waals surface area contributed by atoms with Crippen LogP contribution in [0, 0.1) is 5.82 Å². The molecule has 0 spiro atoms. The van der Waals surface area contributed by atoms with Crippen LogP contribution in [-0.4, -0.2) is 62.2 Å². The van der Waals surface area contributed by atoms with E-state index in [1.54, 1.807) is 17.1 Å². The van der Waals surface area contributed by atoms with Crippen LogP contribution in [-0.2, 0) is 21.2 Å². The van der Waals surface area contributed by atoms with Crippen LogP contribution < -0.4 is 10.6 Å². The number of carbonyl (C=O) groups excluding carboxylic acids is 2. The number of sulfonamides is 1. The molecule has 0 aliphatic carbocycles. The minimum absolute atomic E-state index is 0.0252. The van der Waals surface area contributed by atoms with E-state index >= 15 is 0 Å². The number of thioether (sulfide) groups is 1. The Balaban J connectivity index is 1.49. The van der Waals surface area contributed by atoms with Crippen LogP contribution in [0.4, 0.5) is 4.39 Å². The summed E-state index contributed by atoms with van der Waals surface area (Å²) in [6, 6.07) is 7.12. The number of thiophene rings is 1. The number of halogens is 1. The number of hydrogen-bond donors (Lipinski definition) is 2. The van der Waals surface area contributed by atoms with Gasteiger partial charge in [-0.25, -0.2) is 12.8 Å². The van der Waals surface area contributed by atoms with Crippen LogP contribution in [0.2, 0.25) is 0 Å². The maximum atomic E-state index is 12.9. The summed E-state index contributed by atoms with van der Waals surface area (Å²) >= 11 is 2.78. The predicted molar refractivity (Wildman–Crippen MR) is 116 cm³/mol. The Morgan fingerprint density at radius 3 is 2.40 bits per heavy atom. The molecule has 1 saturated heterocycles. The van der Waals surface area contributed by atoms with E-state index < -0.39 is 15.9 Å². The second-order valence-electron chi connectivity index (χ2n) is 6.54. The molecule has 1 aromatic carbocycles. The average Bonchev–Trinajstić information content (AvgIpc) is 3.24. The molecule has 2 heterocycles. The van der Waals surface area contributed by atoms with Crippen LogP contribution in [0.5, 0.6) is 0 Å². The van der Waals surface area contributed by atoms with Crippen molar-refractivity contribution in [1.82, 2.24) is 14.9 Å². The lowest BCUT2D eigenvalue weighted by Crippen LogP contribution is -2.39. The number of benzene rings is 1. The Bertz CT molecular complexity index is 987. The fraction of sp³-hybridized carbons (Fsp3) is 0.368. The van der Waals surface area contributed by atoms with E-state index in [1.807, 2.05) is 0 Å². The molecule has 0 radical (unpaired) electrons. The molecule has 7 nitrogen and oxygen atoms in total. The van der Waals surface area contributed by atoms with E-state index in [4.69, 9.17) is 0 Å². The summed E-state index contributed by atoms with van der Waals surface area (Å²) in [6.07, 6.45) is 0.107. The van der Waals surface area contributed by atoms with Gasteiger partial charge in [-0.1, -0.05) is 12.1 Å². The van der Waals surface area contributed by atoms with Gasteiger partial charge in [-0.3, -0.25) is 9.59 Å². The topological polar surface area (TPSA) is 95.6 Å². The lowest BCUT2D eigenvalue weighted by atomic mass is 10.1. The van der Waals surface area contributed by atoms with Gasteiger partial charge in [-0.15, -0.1) is 11.3 Å². The zero-order valence-electron chi connectivity index (χ0n) is 16.1. The maximum Gasteiger partial charge on any atom is 0.262 e. The van der Waals surface area contributed by atoms with Crippen molar-refractivity contribution in [1.29, 1.82) is 0 Å². The molecule has 0 atom stereocenters. The van der Waals surface area contributed by atoms with Crippen LogP contribution in [0.25, 0.3) is 0 Å². The number of carbonyl (C=O) groups is 2. The smallest absolute Gasteiger partial charge is 0.262 e. The summed E-state index contributed by atoms with van der Waals surface area (Å²) in [4.78, 5) is 24.6. The number of nitrogens with zero attached hydrogens (tertiary/aromatic N) is 1. The third kappa shape index (κ3) is 5.81. The van der Waals surface area contributed by atoms with Gasteiger partial charge in [0.1, 0.15) is 15.6 Å². The van der Waals surface area contributed by atoms with E-state index in [-0.39, 0.29) is 41.0 Å². The normalized spacial score (nSPS) is 15.0. The third-order valence-electron chi connectivity index (χ3n) is 4.43. The number of rotatable bonds is 8. The van der Waals surface area contributed by atoms with Crippen molar-refractivity contribution >= 4 is 44.9 Å². The summed E-state index contributed by atoms with van der Waals surface area (Å²) in [5, 5.41) is 6.91. The summed E-state index contributed by atoms with van der Waals surface area (Å²) in [7, 11) is -3.70. The van der Waals surface area contributed by atoms with Gasteiger partial charge in [0, 0.05) is 37.7 Å². The fourth-order valence-corrected chi connectivity index (χ4v) is 6.79. The average molecular weight is 472 g/mol. The first kappa shape index (κ1) is 22.7. The van der Waals surface area contributed by atoms with Crippen molar-refractivity contribution in [3.05, 3.63) is 52.0 Å². The first-order chi connectivity index (χ1) is 14.4. The quantitative estimate of drug-likeness (QED) is 0.572. The largest absolute Gasteiger partial charge is 0.354 e. The van der Waals surface area contributed by atoms with Crippen molar-refractivity contribution in [2.75, 3.05) is 37.7 Å². The Morgan fingerprint density at radius 1 is 1.03 bits per heavy atom. The Morgan fingerprint density at radius 2 is 1.70 bits per heavy atom. The van der Waals surface area contributed by atoms with Crippen molar-refractivity contribution in [3.63, 3.8) is 0 Å². The molecule has 162 valence electrons. The molecular formula is C19H22FN3O4S3. The summed E-state index contributed by atoms with van der Waals surface area (Å²) in [5.41, 5.74) is 0.683. The number of nitrogens with one attached hydrogen (secondary N) is 2.